The molecule has 0 N–H and O–H groups in total. The van der Waals surface area contributed by atoms with Crippen LogP contribution in [-0.2, 0) is 16.5 Å². The first kappa shape index (κ1) is 18.2. The molecule has 0 aliphatic carbocycles. The van der Waals surface area contributed by atoms with E-state index >= 15 is 0 Å². The van der Waals surface area contributed by atoms with Gasteiger partial charge in [0.25, 0.3) is 0 Å². The van der Waals surface area contributed by atoms with Crippen LogP contribution in [0.2, 0.25) is 0 Å². The molecule has 0 aromatic heterocycles. The Bertz CT molecular complexity index is 839. The molecule has 0 bridgehead atoms. The molecule has 0 saturated carbocycles. The summed E-state index contributed by atoms with van der Waals surface area (Å²) in [5, 5.41) is 10.9. The number of aryl methyl sites for hydroxylation is 1. The number of benzene rings is 2. The van der Waals surface area contributed by atoms with E-state index in [9.17, 15) is 22.9 Å². The summed E-state index contributed by atoms with van der Waals surface area (Å²) < 4.78 is 42.5. The normalized spacial score (nSPS) is 11.2. The lowest BCUT2D eigenvalue weighted by atomic mass is 10.1. The van der Waals surface area contributed by atoms with Crippen molar-refractivity contribution < 1.29 is 21.9 Å². The van der Waals surface area contributed by atoms with Gasteiger partial charge in [0, 0.05) is 18.0 Å². The molecule has 2 rings (SSSR count). The lowest BCUT2D eigenvalue weighted by Crippen LogP contribution is -2.11. The highest BCUT2D eigenvalue weighted by molar-refractivity contribution is 7.87. The predicted octanol–water partition coefficient (Wildman–Crippen LogP) is 3.67. The molecule has 0 spiro atoms. The van der Waals surface area contributed by atoms with Crippen LogP contribution in [0.15, 0.2) is 47.4 Å². The van der Waals surface area contributed by atoms with E-state index < -0.39 is 32.3 Å². The molecule has 0 aliphatic heterocycles. The summed E-state index contributed by atoms with van der Waals surface area (Å²) in [7, 11) is -4.32. The Labute approximate surface area is 143 Å². The minimum absolute atomic E-state index is 0.185. The van der Waals surface area contributed by atoms with Crippen LogP contribution in [0.3, 0.4) is 0 Å². The predicted molar refractivity (Wildman–Crippen MR) is 86.4 cm³/mol. The summed E-state index contributed by atoms with van der Waals surface area (Å²) in [6.45, 7) is 0. The van der Waals surface area contributed by atoms with Crippen molar-refractivity contribution in [1.82, 2.24) is 0 Å². The van der Waals surface area contributed by atoms with Gasteiger partial charge in [-0.3, -0.25) is 10.1 Å². The molecular formula is C15H13ClFNO5S. The molecule has 128 valence electrons. The number of rotatable bonds is 7. The number of hydrogen-bond donors (Lipinski definition) is 0. The van der Waals surface area contributed by atoms with Crippen molar-refractivity contribution in [2.75, 3.05) is 5.88 Å². The van der Waals surface area contributed by atoms with Gasteiger partial charge in [-0.25, -0.2) is 4.39 Å². The second-order valence-electron chi connectivity index (χ2n) is 4.84. The summed E-state index contributed by atoms with van der Waals surface area (Å²) in [6, 6.07) is 8.20. The number of nitro groups is 1. The molecule has 0 atom stereocenters. The van der Waals surface area contributed by atoms with Gasteiger partial charge in [-0.1, -0.05) is 12.1 Å². The molecule has 2 aromatic carbocycles. The molecule has 0 fully saturated rings. The minimum atomic E-state index is -4.32. The average Bonchev–Trinajstić information content (AvgIpc) is 2.52. The standard InChI is InChI=1S/C15H13ClFNO5S/c16-9-1-2-11-3-6-13(7-4-11)24(21,22)23-15-10-12(17)5-8-14(15)18(19)20/h3-8,10H,1-2,9H2. The monoisotopic (exact) mass is 373 g/mol. The topological polar surface area (TPSA) is 86.5 Å². The molecular weight excluding hydrogens is 361 g/mol. The first-order valence-electron chi connectivity index (χ1n) is 6.87. The van der Waals surface area contributed by atoms with Crippen molar-refractivity contribution in [1.29, 1.82) is 0 Å². The van der Waals surface area contributed by atoms with Gasteiger partial charge in [0.15, 0.2) is 0 Å². The molecule has 0 radical (unpaired) electrons. The molecule has 0 heterocycles. The highest BCUT2D eigenvalue weighted by Gasteiger charge is 2.24. The van der Waals surface area contributed by atoms with Crippen LogP contribution in [0.25, 0.3) is 0 Å². The zero-order chi connectivity index (χ0) is 17.7. The smallest absolute Gasteiger partial charge is 0.339 e. The Kier molecular flexibility index (Phi) is 5.74. The zero-order valence-corrected chi connectivity index (χ0v) is 13.9. The number of nitrogens with zero attached hydrogens (tertiary/aromatic N) is 1. The quantitative estimate of drug-likeness (QED) is 0.320. The van der Waals surface area contributed by atoms with Crippen molar-refractivity contribution in [2.24, 2.45) is 0 Å². The van der Waals surface area contributed by atoms with Gasteiger partial charge in [-0.2, -0.15) is 8.42 Å². The Morgan fingerprint density at radius 3 is 2.42 bits per heavy atom. The second kappa shape index (κ2) is 7.59. The van der Waals surface area contributed by atoms with E-state index in [4.69, 9.17) is 15.8 Å². The first-order chi connectivity index (χ1) is 11.3. The van der Waals surface area contributed by atoms with Gasteiger partial charge in [0.05, 0.1) is 4.92 Å². The fourth-order valence-electron chi connectivity index (χ4n) is 1.97. The van der Waals surface area contributed by atoms with Crippen molar-refractivity contribution in [3.05, 3.63) is 64.0 Å². The van der Waals surface area contributed by atoms with Gasteiger partial charge in [-0.05, 0) is 36.6 Å². The van der Waals surface area contributed by atoms with Gasteiger partial charge < -0.3 is 4.18 Å². The summed E-state index contributed by atoms with van der Waals surface area (Å²) in [4.78, 5) is 9.87. The third-order valence-corrected chi connectivity index (χ3v) is 4.64. The van der Waals surface area contributed by atoms with Gasteiger partial charge in [0.1, 0.15) is 10.7 Å². The van der Waals surface area contributed by atoms with Crippen LogP contribution >= 0.6 is 11.6 Å². The Morgan fingerprint density at radius 1 is 1.17 bits per heavy atom. The molecule has 24 heavy (non-hydrogen) atoms. The Hall–Kier alpha value is -2.19. The average molecular weight is 374 g/mol. The zero-order valence-electron chi connectivity index (χ0n) is 12.3. The summed E-state index contributed by atoms with van der Waals surface area (Å²) in [5.41, 5.74) is 0.255. The lowest BCUT2D eigenvalue weighted by molar-refractivity contribution is -0.385. The van der Waals surface area contributed by atoms with Crippen molar-refractivity contribution in [3.8, 4) is 5.75 Å². The molecule has 2 aromatic rings. The van der Waals surface area contributed by atoms with E-state index in [1.807, 2.05) is 0 Å². The van der Waals surface area contributed by atoms with E-state index in [0.29, 0.717) is 18.4 Å². The summed E-state index contributed by atoms with van der Waals surface area (Å²) in [6.07, 6.45) is 1.44. The third-order valence-electron chi connectivity index (χ3n) is 3.13. The van der Waals surface area contributed by atoms with E-state index in [1.54, 1.807) is 12.1 Å². The highest BCUT2D eigenvalue weighted by Crippen LogP contribution is 2.30. The molecule has 0 unspecified atom stereocenters. The third kappa shape index (κ3) is 4.42. The lowest BCUT2D eigenvalue weighted by Gasteiger charge is -2.08. The van der Waals surface area contributed by atoms with Crippen LogP contribution in [0.4, 0.5) is 10.1 Å². The van der Waals surface area contributed by atoms with Crippen LogP contribution in [0.5, 0.6) is 5.75 Å². The van der Waals surface area contributed by atoms with Gasteiger partial charge >= 0.3 is 15.8 Å². The molecule has 6 nitrogen and oxygen atoms in total. The van der Waals surface area contributed by atoms with E-state index in [-0.39, 0.29) is 4.90 Å². The summed E-state index contributed by atoms with van der Waals surface area (Å²) in [5.74, 6) is -1.03. The molecule has 9 heteroatoms. The SMILES string of the molecule is O=[N+]([O-])c1ccc(F)cc1OS(=O)(=O)c1ccc(CCCCl)cc1. The minimum Gasteiger partial charge on any atom is -0.371 e. The van der Waals surface area contributed by atoms with Gasteiger partial charge in [-0.15, -0.1) is 11.6 Å². The maximum absolute atomic E-state index is 13.3. The number of alkyl halides is 1. The van der Waals surface area contributed by atoms with Crippen LogP contribution < -0.4 is 4.18 Å². The second-order valence-corrected chi connectivity index (χ2v) is 6.77. The maximum Gasteiger partial charge on any atom is 0.339 e. The van der Waals surface area contributed by atoms with E-state index in [2.05, 4.69) is 0 Å². The Morgan fingerprint density at radius 2 is 1.83 bits per heavy atom. The summed E-state index contributed by atoms with van der Waals surface area (Å²) >= 11 is 5.60. The number of nitro benzene ring substituents is 1. The fraction of sp³-hybridized carbons (Fsp3) is 0.200. The van der Waals surface area contributed by atoms with Crippen molar-refractivity contribution >= 4 is 27.4 Å². The number of halogens is 2. The first-order valence-corrected chi connectivity index (χ1v) is 8.81. The van der Waals surface area contributed by atoms with E-state index in [1.165, 1.54) is 12.1 Å². The molecule has 0 aliphatic rings. The number of hydrogen-bond acceptors (Lipinski definition) is 5. The maximum atomic E-state index is 13.3. The van der Waals surface area contributed by atoms with Crippen LogP contribution in [0.1, 0.15) is 12.0 Å². The van der Waals surface area contributed by atoms with Crippen molar-refractivity contribution in [2.45, 2.75) is 17.7 Å². The molecule has 0 saturated heterocycles. The largest absolute Gasteiger partial charge is 0.371 e. The van der Waals surface area contributed by atoms with Gasteiger partial charge in [0.2, 0.25) is 5.75 Å². The Balaban J connectivity index is 2.28. The van der Waals surface area contributed by atoms with Crippen molar-refractivity contribution in [3.63, 3.8) is 0 Å². The van der Waals surface area contributed by atoms with Crippen LogP contribution in [0, 0.1) is 15.9 Å². The fourth-order valence-corrected chi connectivity index (χ4v) is 3.03. The van der Waals surface area contributed by atoms with E-state index in [0.717, 1.165) is 24.1 Å². The molecule has 0 amide bonds. The highest BCUT2D eigenvalue weighted by atomic mass is 35.5. The van der Waals surface area contributed by atoms with Crippen LogP contribution in [-0.4, -0.2) is 19.2 Å².